The summed E-state index contributed by atoms with van der Waals surface area (Å²) < 4.78 is 24.7. The Balaban J connectivity index is 1.75. The van der Waals surface area contributed by atoms with Crippen LogP contribution in [0.2, 0.25) is 0 Å². The van der Waals surface area contributed by atoms with E-state index in [0.717, 1.165) is 38.9 Å². The molecule has 0 bridgehead atoms. The molecule has 0 aliphatic carbocycles. The van der Waals surface area contributed by atoms with Gasteiger partial charge in [0, 0.05) is 19.6 Å². The Morgan fingerprint density at radius 3 is 2.50 bits per heavy atom. The first-order chi connectivity index (χ1) is 9.55. The summed E-state index contributed by atoms with van der Waals surface area (Å²) in [5, 5.41) is 0. The Hall–Kier alpha value is -0.910. The van der Waals surface area contributed by atoms with E-state index in [0.29, 0.717) is 13.1 Å². The molecule has 0 spiro atoms. The van der Waals surface area contributed by atoms with E-state index in [4.69, 9.17) is 0 Å². The lowest BCUT2D eigenvalue weighted by atomic mass is 10.1. The minimum absolute atomic E-state index is 0.629. The van der Waals surface area contributed by atoms with Crippen LogP contribution in [0.25, 0.3) is 0 Å². The molecule has 1 heterocycles. The van der Waals surface area contributed by atoms with Crippen molar-refractivity contribution in [3.63, 3.8) is 0 Å². The molecule has 1 aliphatic heterocycles. The number of benzene rings is 1. The standard InChI is InChI=1S/C15H24N2O2S/c1-20(18,19)17-12-6-11-16(13-14-17)10-5-9-15-7-3-2-4-8-15/h2-4,7-8H,5-6,9-14H2,1H3. The predicted octanol–water partition coefficient (Wildman–Crippen LogP) is 1.59. The first kappa shape index (κ1) is 15.5. The zero-order chi connectivity index (χ0) is 14.4. The van der Waals surface area contributed by atoms with E-state index in [9.17, 15) is 8.42 Å². The highest BCUT2D eigenvalue weighted by molar-refractivity contribution is 7.88. The van der Waals surface area contributed by atoms with Crippen molar-refractivity contribution in [1.82, 2.24) is 9.21 Å². The van der Waals surface area contributed by atoms with Crippen molar-refractivity contribution in [3.05, 3.63) is 35.9 Å². The third-order valence-electron chi connectivity index (χ3n) is 3.80. The highest BCUT2D eigenvalue weighted by Crippen LogP contribution is 2.09. The minimum atomic E-state index is -3.03. The second-order valence-corrected chi connectivity index (χ2v) is 7.43. The SMILES string of the molecule is CS(=O)(=O)N1CCCN(CCCc2ccccc2)CC1. The van der Waals surface area contributed by atoms with Crippen LogP contribution in [0.15, 0.2) is 30.3 Å². The highest BCUT2D eigenvalue weighted by Gasteiger charge is 2.20. The lowest BCUT2D eigenvalue weighted by molar-refractivity contribution is 0.283. The molecule has 0 aromatic heterocycles. The zero-order valence-corrected chi connectivity index (χ0v) is 13.0. The molecule has 0 saturated carbocycles. The smallest absolute Gasteiger partial charge is 0.211 e. The van der Waals surface area contributed by atoms with Crippen molar-refractivity contribution < 1.29 is 8.42 Å². The number of nitrogens with zero attached hydrogens (tertiary/aromatic N) is 2. The van der Waals surface area contributed by atoms with E-state index in [1.165, 1.54) is 11.8 Å². The Morgan fingerprint density at radius 2 is 1.80 bits per heavy atom. The Morgan fingerprint density at radius 1 is 1.05 bits per heavy atom. The van der Waals surface area contributed by atoms with Crippen LogP contribution < -0.4 is 0 Å². The monoisotopic (exact) mass is 296 g/mol. The molecule has 1 aliphatic rings. The normalized spacial score (nSPS) is 18.9. The van der Waals surface area contributed by atoms with Gasteiger partial charge in [0.25, 0.3) is 0 Å². The van der Waals surface area contributed by atoms with E-state index < -0.39 is 10.0 Å². The third kappa shape index (κ3) is 4.89. The topological polar surface area (TPSA) is 40.6 Å². The van der Waals surface area contributed by atoms with Crippen LogP contribution in [0.4, 0.5) is 0 Å². The van der Waals surface area contributed by atoms with E-state index in [1.807, 2.05) is 6.07 Å². The molecule has 0 amide bonds. The summed E-state index contributed by atoms with van der Waals surface area (Å²) in [4.78, 5) is 2.38. The van der Waals surface area contributed by atoms with Gasteiger partial charge in [-0.25, -0.2) is 12.7 Å². The van der Waals surface area contributed by atoms with Gasteiger partial charge in [-0.05, 0) is 37.9 Å². The molecule has 0 radical (unpaired) electrons. The number of sulfonamides is 1. The van der Waals surface area contributed by atoms with Crippen LogP contribution in [-0.2, 0) is 16.4 Å². The Kier molecular flexibility index (Phi) is 5.57. The average Bonchev–Trinajstić information content (AvgIpc) is 2.65. The van der Waals surface area contributed by atoms with Crippen molar-refractivity contribution in [2.75, 3.05) is 39.0 Å². The van der Waals surface area contributed by atoms with Gasteiger partial charge < -0.3 is 4.90 Å². The van der Waals surface area contributed by atoms with Gasteiger partial charge in [0.2, 0.25) is 10.0 Å². The van der Waals surface area contributed by atoms with Crippen molar-refractivity contribution in [1.29, 1.82) is 0 Å². The molecule has 1 saturated heterocycles. The summed E-state index contributed by atoms with van der Waals surface area (Å²) in [6, 6.07) is 10.5. The van der Waals surface area contributed by atoms with Gasteiger partial charge in [-0.15, -0.1) is 0 Å². The second kappa shape index (κ2) is 7.20. The summed E-state index contributed by atoms with van der Waals surface area (Å²) >= 11 is 0. The second-order valence-electron chi connectivity index (χ2n) is 5.45. The van der Waals surface area contributed by atoms with Crippen LogP contribution >= 0.6 is 0 Å². The molecular weight excluding hydrogens is 272 g/mol. The van der Waals surface area contributed by atoms with Crippen LogP contribution in [0.1, 0.15) is 18.4 Å². The molecule has 1 aromatic rings. The number of rotatable bonds is 5. The van der Waals surface area contributed by atoms with E-state index >= 15 is 0 Å². The maximum Gasteiger partial charge on any atom is 0.211 e. The molecule has 1 aromatic carbocycles. The van der Waals surface area contributed by atoms with Crippen molar-refractivity contribution in [2.24, 2.45) is 0 Å². The predicted molar refractivity (Wildman–Crippen MR) is 82.2 cm³/mol. The minimum Gasteiger partial charge on any atom is -0.302 e. The fourth-order valence-electron chi connectivity index (χ4n) is 2.65. The van der Waals surface area contributed by atoms with Crippen LogP contribution in [0.5, 0.6) is 0 Å². The summed E-state index contributed by atoms with van der Waals surface area (Å²) in [7, 11) is -3.03. The molecule has 0 atom stereocenters. The third-order valence-corrected chi connectivity index (χ3v) is 5.10. The molecule has 4 nitrogen and oxygen atoms in total. The molecule has 0 unspecified atom stereocenters. The molecule has 2 rings (SSSR count). The molecule has 1 fully saturated rings. The molecule has 0 N–H and O–H groups in total. The Bertz CT molecular complexity index is 502. The van der Waals surface area contributed by atoms with Crippen LogP contribution in [-0.4, -0.2) is 56.6 Å². The van der Waals surface area contributed by atoms with Gasteiger partial charge in [-0.1, -0.05) is 30.3 Å². The maximum absolute atomic E-state index is 11.6. The largest absolute Gasteiger partial charge is 0.302 e. The summed E-state index contributed by atoms with van der Waals surface area (Å²) in [5.74, 6) is 0. The van der Waals surface area contributed by atoms with Crippen molar-refractivity contribution >= 4 is 10.0 Å². The molecule has 112 valence electrons. The number of aryl methyl sites for hydroxylation is 1. The maximum atomic E-state index is 11.6. The Labute approximate surface area is 122 Å². The van der Waals surface area contributed by atoms with Gasteiger partial charge >= 0.3 is 0 Å². The lowest BCUT2D eigenvalue weighted by Gasteiger charge is -2.20. The molecule has 20 heavy (non-hydrogen) atoms. The van der Waals surface area contributed by atoms with Gasteiger partial charge in [0.1, 0.15) is 0 Å². The number of hydrogen-bond acceptors (Lipinski definition) is 3. The first-order valence-corrected chi connectivity index (χ1v) is 9.12. The first-order valence-electron chi connectivity index (χ1n) is 7.27. The summed E-state index contributed by atoms with van der Waals surface area (Å²) in [6.07, 6.45) is 4.45. The number of hydrogen-bond donors (Lipinski definition) is 0. The lowest BCUT2D eigenvalue weighted by Crippen LogP contribution is -2.34. The van der Waals surface area contributed by atoms with Crippen molar-refractivity contribution in [3.8, 4) is 0 Å². The van der Waals surface area contributed by atoms with E-state index in [2.05, 4.69) is 29.2 Å². The van der Waals surface area contributed by atoms with Crippen LogP contribution in [0, 0.1) is 0 Å². The van der Waals surface area contributed by atoms with Crippen LogP contribution in [0.3, 0.4) is 0 Å². The van der Waals surface area contributed by atoms with Crippen molar-refractivity contribution in [2.45, 2.75) is 19.3 Å². The van der Waals surface area contributed by atoms with Gasteiger partial charge in [-0.2, -0.15) is 0 Å². The van der Waals surface area contributed by atoms with Gasteiger partial charge in [0.15, 0.2) is 0 Å². The highest BCUT2D eigenvalue weighted by atomic mass is 32.2. The van der Waals surface area contributed by atoms with Gasteiger partial charge in [0.05, 0.1) is 6.26 Å². The quantitative estimate of drug-likeness (QED) is 0.828. The fraction of sp³-hybridized carbons (Fsp3) is 0.600. The van der Waals surface area contributed by atoms with Gasteiger partial charge in [-0.3, -0.25) is 0 Å². The summed E-state index contributed by atoms with van der Waals surface area (Å²) in [5.41, 5.74) is 1.38. The van der Waals surface area contributed by atoms with E-state index in [-0.39, 0.29) is 0 Å². The average molecular weight is 296 g/mol. The molecule has 5 heteroatoms. The molecular formula is C15H24N2O2S. The fourth-order valence-corrected chi connectivity index (χ4v) is 3.53. The summed E-state index contributed by atoms with van der Waals surface area (Å²) in [6.45, 7) is 4.19. The van der Waals surface area contributed by atoms with E-state index in [1.54, 1.807) is 4.31 Å². The zero-order valence-electron chi connectivity index (χ0n) is 12.2.